The van der Waals surface area contributed by atoms with E-state index in [4.69, 9.17) is 23.2 Å². The lowest BCUT2D eigenvalue weighted by atomic mass is 9.87. The quantitative estimate of drug-likeness (QED) is 0.737. The fourth-order valence-electron chi connectivity index (χ4n) is 2.24. The van der Waals surface area contributed by atoms with E-state index < -0.39 is 11.4 Å². The third-order valence-corrected chi connectivity index (χ3v) is 4.28. The second-order valence-electron chi connectivity index (χ2n) is 5.60. The van der Waals surface area contributed by atoms with Crippen LogP contribution in [-0.4, -0.2) is 5.11 Å². The van der Waals surface area contributed by atoms with E-state index in [1.165, 1.54) is 17.7 Å². The lowest BCUT2D eigenvalue weighted by Crippen LogP contribution is -2.23. The Morgan fingerprint density at radius 1 is 1.05 bits per heavy atom. The van der Waals surface area contributed by atoms with Gasteiger partial charge >= 0.3 is 0 Å². The van der Waals surface area contributed by atoms with Crippen molar-refractivity contribution in [2.75, 3.05) is 0 Å². The van der Waals surface area contributed by atoms with Gasteiger partial charge in [0.25, 0.3) is 0 Å². The van der Waals surface area contributed by atoms with Crippen LogP contribution in [0, 0.1) is 5.82 Å². The summed E-state index contributed by atoms with van der Waals surface area (Å²) in [5.41, 5.74) is 0.722. The Bertz CT molecular complexity index is 649. The standard InChI is InChI=1S/C17H17Cl2FO/c1-10(2)11-4-6-12(7-5-11)17(3,21)13-8-16(20)15(19)9-14(13)18/h4-10,21H,1-3H3. The van der Waals surface area contributed by atoms with Gasteiger partial charge in [-0.1, -0.05) is 61.3 Å². The fourth-order valence-corrected chi connectivity index (χ4v) is 2.81. The highest BCUT2D eigenvalue weighted by Gasteiger charge is 2.29. The van der Waals surface area contributed by atoms with Crippen LogP contribution in [0.15, 0.2) is 36.4 Å². The molecule has 1 atom stereocenters. The van der Waals surface area contributed by atoms with Crippen molar-refractivity contribution in [3.8, 4) is 0 Å². The molecule has 1 unspecified atom stereocenters. The third-order valence-electron chi connectivity index (χ3n) is 3.67. The zero-order valence-electron chi connectivity index (χ0n) is 12.1. The highest BCUT2D eigenvalue weighted by molar-refractivity contribution is 6.35. The lowest BCUT2D eigenvalue weighted by Gasteiger charge is -2.26. The van der Waals surface area contributed by atoms with Crippen LogP contribution >= 0.6 is 23.2 Å². The molecule has 0 saturated heterocycles. The Kier molecular flexibility index (Phi) is 4.62. The minimum absolute atomic E-state index is 0.0605. The van der Waals surface area contributed by atoms with Crippen LogP contribution in [0.5, 0.6) is 0 Å². The molecule has 0 radical (unpaired) electrons. The van der Waals surface area contributed by atoms with Gasteiger partial charge in [-0.15, -0.1) is 0 Å². The molecule has 0 heterocycles. The van der Waals surface area contributed by atoms with Gasteiger partial charge in [0, 0.05) is 10.6 Å². The van der Waals surface area contributed by atoms with Crippen LogP contribution in [0.4, 0.5) is 4.39 Å². The van der Waals surface area contributed by atoms with Gasteiger partial charge in [-0.25, -0.2) is 4.39 Å². The molecule has 112 valence electrons. The van der Waals surface area contributed by atoms with Crippen molar-refractivity contribution in [2.45, 2.75) is 32.3 Å². The number of halogens is 3. The van der Waals surface area contributed by atoms with Gasteiger partial charge in [0.2, 0.25) is 0 Å². The van der Waals surface area contributed by atoms with E-state index in [-0.39, 0.29) is 10.0 Å². The van der Waals surface area contributed by atoms with E-state index in [1.54, 1.807) is 6.92 Å². The molecule has 0 aliphatic rings. The minimum Gasteiger partial charge on any atom is -0.381 e. The normalized spacial score (nSPS) is 14.3. The maximum Gasteiger partial charge on any atom is 0.142 e. The van der Waals surface area contributed by atoms with Crippen molar-refractivity contribution in [3.05, 3.63) is 69.0 Å². The van der Waals surface area contributed by atoms with E-state index in [2.05, 4.69) is 13.8 Å². The van der Waals surface area contributed by atoms with Gasteiger partial charge in [0.1, 0.15) is 11.4 Å². The number of benzene rings is 2. The molecule has 0 aliphatic heterocycles. The first-order chi connectivity index (χ1) is 9.73. The van der Waals surface area contributed by atoms with Gasteiger partial charge in [-0.3, -0.25) is 0 Å². The second kappa shape index (κ2) is 5.96. The van der Waals surface area contributed by atoms with Gasteiger partial charge in [-0.2, -0.15) is 0 Å². The second-order valence-corrected chi connectivity index (χ2v) is 6.41. The highest BCUT2D eigenvalue weighted by atomic mass is 35.5. The van der Waals surface area contributed by atoms with Crippen LogP contribution in [0.25, 0.3) is 0 Å². The molecule has 1 N–H and O–H groups in total. The molecule has 21 heavy (non-hydrogen) atoms. The van der Waals surface area contributed by atoms with Crippen LogP contribution in [0.2, 0.25) is 10.0 Å². The van der Waals surface area contributed by atoms with Crippen molar-refractivity contribution >= 4 is 23.2 Å². The molecule has 0 spiro atoms. The smallest absolute Gasteiger partial charge is 0.142 e. The van der Waals surface area contributed by atoms with Crippen molar-refractivity contribution in [3.63, 3.8) is 0 Å². The van der Waals surface area contributed by atoms with Gasteiger partial charge in [-0.05, 0) is 36.1 Å². The predicted octanol–water partition coefficient (Wildman–Crippen LogP) is 5.51. The monoisotopic (exact) mass is 326 g/mol. The number of hydrogen-bond donors (Lipinski definition) is 1. The summed E-state index contributed by atoms with van der Waals surface area (Å²) in [6.07, 6.45) is 0. The Hall–Kier alpha value is -1.09. The number of hydrogen-bond acceptors (Lipinski definition) is 1. The first kappa shape index (κ1) is 16.3. The predicted molar refractivity (Wildman–Crippen MR) is 85.6 cm³/mol. The minimum atomic E-state index is -1.39. The molecule has 0 aromatic heterocycles. The van der Waals surface area contributed by atoms with Crippen molar-refractivity contribution in [1.82, 2.24) is 0 Å². The highest BCUT2D eigenvalue weighted by Crippen LogP contribution is 2.36. The lowest BCUT2D eigenvalue weighted by molar-refractivity contribution is 0.102. The number of aliphatic hydroxyl groups is 1. The Balaban J connectivity index is 2.48. The Morgan fingerprint density at radius 2 is 1.62 bits per heavy atom. The molecule has 2 aromatic rings. The molecular formula is C17H17Cl2FO. The Morgan fingerprint density at radius 3 is 2.14 bits per heavy atom. The summed E-state index contributed by atoms with van der Waals surface area (Å²) >= 11 is 11.8. The molecule has 0 amide bonds. The van der Waals surface area contributed by atoms with Crippen LogP contribution in [0.3, 0.4) is 0 Å². The SMILES string of the molecule is CC(C)c1ccc(C(C)(O)c2cc(F)c(Cl)cc2Cl)cc1. The molecule has 1 nitrogen and oxygen atoms in total. The van der Waals surface area contributed by atoms with Crippen molar-refractivity contribution in [1.29, 1.82) is 0 Å². The van der Waals surface area contributed by atoms with Crippen LogP contribution < -0.4 is 0 Å². The maximum absolute atomic E-state index is 13.7. The maximum atomic E-state index is 13.7. The first-order valence-electron chi connectivity index (χ1n) is 6.71. The summed E-state index contributed by atoms with van der Waals surface area (Å²) in [5.74, 6) is -0.198. The third kappa shape index (κ3) is 3.23. The molecule has 0 fully saturated rings. The summed E-state index contributed by atoms with van der Waals surface area (Å²) in [7, 11) is 0. The summed E-state index contributed by atoms with van der Waals surface area (Å²) in [5, 5.41) is 11.0. The molecule has 4 heteroatoms. The van der Waals surface area contributed by atoms with Gasteiger partial charge in [0.15, 0.2) is 0 Å². The molecule has 2 rings (SSSR count). The molecule has 0 saturated carbocycles. The first-order valence-corrected chi connectivity index (χ1v) is 7.47. The molecule has 0 aliphatic carbocycles. The van der Waals surface area contributed by atoms with E-state index in [1.807, 2.05) is 24.3 Å². The molecule has 2 aromatic carbocycles. The molecular weight excluding hydrogens is 310 g/mol. The molecule has 0 bridgehead atoms. The van der Waals surface area contributed by atoms with Crippen LogP contribution in [0.1, 0.15) is 43.4 Å². The summed E-state index contributed by atoms with van der Waals surface area (Å²) in [6.45, 7) is 5.78. The van der Waals surface area contributed by atoms with Gasteiger partial charge in [0.05, 0.1) is 5.02 Å². The average molecular weight is 327 g/mol. The van der Waals surface area contributed by atoms with Gasteiger partial charge < -0.3 is 5.11 Å². The van der Waals surface area contributed by atoms with Crippen LogP contribution in [-0.2, 0) is 5.60 Å². The summed E-state index contributed by atoms with van der Waals surface area (Å²) < 4.78 is 13.7. The topological polar surface area (TPSA) is 20.2 Å². The van der Waals surface area contributed by atoms with Crippen molar-refractivity contribution < 1.29 is 9.50 Å². The van der Waals surface area contributed by atoms with Crippen molar-refractivity contribution in [2.24, 2.45) is 0 Å². The fraction of sp³-hybridized carbons (Fsp3) is 0.294. The van der Waals surface area contributed by atoms with E-state index in [0.29, 0.717) is 17.0 Å². The summed E-state index contributed by atoms with van der Waals surface area (Å²) in [4.78, 5) is 0. The number of rotatable bonds is 3. The average Bonchev–Trinajstić information content (AvgIpc) is 2.42. The zero-order valence-corrected chi connectivity index (χ0v) is 13.6. The zero-order chi connectivity index (χ0) is 15.8. The summed E-state index contributed by atoms with van der Waals surface area (Å²) in [6, 6.07) is 10.1. The largest absolute Gasteiger partial charge is 0.381 e. The van der Waals surface area contributed by atoms with E-state index in [0.717, 1.165) is 0 Å². The Labute approximate surface area is 134 Å². The van der Waals surface area contributed by atoms with E-state index >= 15 is 0 Å². The van der Waals surface area contributed by atoms with E-state index in [9.17, 15) is 9.50 Å².